The molecule has 1 saturated heterocycles. The van der Waals surface area contributed by atoms with Gasteiger partial charge in [0.05, 0.1) is 10.6 Å². The van der Waals surface area contributed by atoms with Crippen molar-refractivity contribution in [3.05, 3.63) is 106 Å². The Balaban J connectivity index is 1.47. The normalized spacial score (nSPS) is 14.4. The second-order valence-electron chi connectivity index (χ2n) is 8.80. The summed E-state index contributed by atoms with van der Waals surface area (Å²) in [6, 6.07) is 25.2. The molecule has 2 heterocycles. The average Bonchev–Trinajstić information content (AvgIpc) is 3.49. The smallest absolute Gasteiger partial charge is 0.266 e. The van der Waals surface area contributed by atoms with Crippen molar-refractivity contribution in [1.82, 2.24) is 14.7 Å². The summed E-state index contributed by atoms with van der Waals surface area (Å²) in [7, 11) is 1.65. The molecule has 9 heteroatoms. The number of thiocarbonyl (C=S) groups is 1. The van der Waals surface area contributed by atoms with Crippen molar-refractivity contribution in [1.29, 1.82) is 0 Å². The molecule has 0 unspecified atom stereocenters. The lowest BCUT2D eigenvalue weighted by molar-refractivity contribution is -0.122. The van der Waals surface area contributed by atoms with Crippen molar-refractivity contribution in [3.63, 3.8) is 0 Å². The minimum atomic E-state index is -0.101. The molecule has 0 radical (unpaired) electrons. The Kier molecular flexibility index (Phi) is 8.78. The third-order valence-corrected chi connectivity index (χ3v) is 7.86. The lowest BCUT2D eigenvalue weighted by Crippen LogP contribution is -2.29. The quantitative estimate of drug-likeness (QED) is 0.115. The van der Waals surface area contributed by atoms with Crippen LogP contribution < -0.4 is 4.74 Å². The summed E-state index contributed by atoms with van der Waals surface area (Å²) >= 11 is 13.1. The summed E-state index contributed by atoms with van der Waals surface area (Å²) < 4.78 is 13.6. The molecule has 5 rings (SSSR count). The zero-order chi connectivity index (χ0) is 27.2. The van der Waals surface area contributed by atoms with E-state index in [0.29, 0.717) is 46.2 Å². The van der Waals surface area contributed by atoms with Gasteiger partial charge in [-0.2, -0.15) is 5.10 Å². The van der Waals surface area contributed by atoms with E-state index in [2.05, 4.69) is 0 Å². The molecular weight excluding hydrogens is 550 g/mol. The van der Waals surface area contributed by atoms with E-state index < -0.39 is 0 Å². The van der Waals surface area contributed by atoms with Crippen molar-refractivity contribution >= 4 is 51.9 Å². The van der Waals surface area contributed by atoms with Crippen LogP contribution in [-0.4, -0.2) is 45.2 Å². The van der Waals surface area contributed by atoms with Crippen LogP contribution in [0.15, 0.2) is 90.0 Å². The van der Waals surface area contributed by atoms with E-state index in [1.165, 1.54) is 11.8 Å². The van der Waals surface area contributed by atoms with Crippen LogP contribution in [0.25, 0.3) is 23.0 Å². The zero-order valence-electron chi connectivity index (χ0n) is 21.2. The van der Waals surface area contributed by atoms with Gasteiger partial charge in [0.15, 0.2) is 0 Å². The number of carbonyl (C=O) groups is 1. The Morgan fingerprint density at radius 1 is 1.05 bits per heavy atom. The maximum absolute atomic E-state index is 13.2. The Bertz CT molecular complexity index is 1520. The molecule has 0 bridgehead atoms. The van der Waals surface area contributed by atoms with E-state index in [0.717, 1.165) is 28.1 Å². The fourth-order valence-corrected chi connectivity index (χ4v) is 5.63. The number of hydrogen-bond donors (Lipinski definition) is 0. The molecule has 1 aliphatic rings. The monoisotopic (exact) mass is 575 g/mol. The molecule has 1 amide bonds. The van der Waals surface area contributed by atoms with E-state index in [-0.39, 0.29) is 5.91 Å². The Morgan fingerprint density at radius 3 is 2.64 bits per heavy atom. The Labute approximate surface area is 242 Å². The van der Waals surface area contributed by atoms with Crippen LogP contribution in [-0.2, 0) is 16.1 Å². The lowest BCUT2D eigenvalue weighted by atomic mass is 10.1. The zero-order valence-corrected chi connectivity index (χ0v) is 23.6. The Hall–Kier alpha value is -3.43. The summed E-state index contributed by atoms with van der Waals surface area (Å²) in [5.74, 6) is 0.591. The van der Waals surface area contributed by atoms with Crippen LogP contribution in [0.4, 0.5) is 0 Å². The van der Waals surface area contributed by atoms with Crippen molar-refractivity contribution in [2.24, 2.45) is 0 Å². The van der Waals surface area contributed by atoms with Gasteiger partial charge >= 0.3 is 0 Å². The number of rotatable bonds is 10. The summed E-state index contributed by atoms with van der Waals surface area (Å²) in [5.41, 5.74) is 4.22. The number of amides is 1. The largest absolute Gasteiger partial charge is 0.489 e. The molecule has 0 saturated carbocycles. The molecule has 6 nitrogen and oxygen atoms in total. The number of thioether (sulfide) groups is 1. The van der Waals surface area contributed by atoms with E-state index in [1.54, 1.807) is 12.0 Å². The predicted octanol–water partition coefficient (Wildman–Crippen LogP) is 7.01. The molecule has 0 spiro atoms. The molecule has 1 aromatic heterocycles. The maximum Gasteiger partial charge on any atom is 0.266 e. The van der Waals surface area contributed by atoms with Gasteiger partial charge in [-0.15, -0.1) is 0 Å². The predicted molar refractivity (Wildman–Crippen MR) is 161 cm³/mol. The van der Waals surface area contributed by atoms with Crippen molar-refractivity contribution in [2.75, 3.05) is 20.3 Å². The van der Waals surface area contributed by atoms with Crippen LogP contribution in [0.3, 0.4) is 0 Å². The molecule has 0 atom stereocenters. The van der Waals surface area contributed by atoms with Crippen molar-refractivity contribution in [2.45, 2.75) is 13.0 Å². The van der Waals surface area contributed by atoms with Gasteiger partial charge in [0.2, 0.25) is 0 Å². The molecule has 4 aromatic rings. The first-order chi connectivity index (χ1) is 19.0. The second kappa shape index (κ2) is 12.6. The molecule has 0 aliphatic carbocycles. The minimum Gasteiger partial charge on any atom is -0.489 e. The SMILES string of the molecule is COCCCN1C(=O)/C(=C/c2cn(-c3ccccc3)nc2-c2cccc(OCc3ccccc3Cl)c2)SC1=S. The van der Waals surface area contributed by atoms with Crippen molar-refractivity contribution in [3.8, 4) is 22.7 Å². The first-order valence-corrected chi connectivity index (χ1v) is 14.0. The van der Waals surface area contributed by atoms with Crippen LogP contribution in [0, 0.1) is 0 Å². The van der Waals surface area contributed by atoms with Gasteiger partial charge in [0.25, 0.3) is 5.91 Å². The van der Waals surface area contributed by atoms with Crippen LogP contribution in [0.2, 0.25) is 5.02 Å². The lowest BCUT2D eigenvalue weighted by Gasteiger charge is -2.13. The average molecular weight is 576 g/mol. The van der Waals surface area contributed by atoms with Crippen LogP contribution in [0.5, 0.6) is 5.75 Å². The highest BCUT2D eigenvalue weighted by Gasteiger charge is 2.32. The van der Waals surface area contributed by atoms with E-state index in [9.17, 15) is 4.79 Å². The van der Waals surface area contributed by atoms with Gasteiger partial charge < -0.3 is 9.47 Å². The second-order valence-corrected chi connectivity index (χ2v) is 10.9. The molecule has 39 heavy (non-hydrogen) atoms. The van der Waals surface area contributed by atoms with Gasteiger partial charge in [0, 0.05) is 48.2 Å². The summed E-state index contributed by atoms with van der Waals surface area (Å²) in [4.78, 5) is 15.4. The van der Waals surface area contributed by atoms with Crippen LogP contribution >= 0.6 is 35.6 Å². The van der Waals surface area contributed by atoms with Gasteiger partial charge in [-0.25, -0.2) is 4.68 Å². The first kappa shape index (κ1) is 27.1. The number of aromatic nitrogens is 2. The number of hydrogen-bond acceptors (Lipinski definition) is 6. The summed E-state index contributed by atoms with van der Waals surface area (Å²) in [6.45, 7) is 1.44. The highest BCUT2D eigenvalue weighted by Crippen LogP contribution is 2.35. The standard InChI is InChI=1S/C30H26ClN3O3S2/c1-36-16-8-15-33-29(35)27(39-30(33)38)18-23-19-34(24-11-3-2-4-12-24)32-28(23)21-10-7-13-25(17-21)37-20-22-9-5-6-14-26(22)31/h2-7,9-14,17-19H,8,15-16,20H2,1H3/b27-18-. The molecule has 0 N–H and O–H groups in total. The number of nitrogens with zero attached hydrogens (tertiary/aromatic N) is 3. The highest BCUT2D eigenvalue weighted by molar-refractivity contribution is 8.26. The van der Waals surface area contributed by atoms with Gasteiger partial charge in [-0.05, 0) is 42.8 Å². The molecule has 3 aromatic carbocycles. The topological polar surface area (TPSA) is 56.6 Å². The fraction of sp³-hybridized carbons (Fsp3) is 0.167. The molecule has 1 aliphatic heterocycles. The van der Waals surface area contributed by atoms with E-state index in [4.69, 9.17) is 38.4 Å². The number of halogens is 1. The number of ether oxygens (including phenoxy) is 2. The minimum absolute atomic E-state index is 0.101. The number of benzene rings is 3. The number of para-hydroxylation sites is 1. The van der Waals surface area contributed by atoms with Crippen molar-refractivity contribution < 1.29 is 14.3 Å². The van der Waals surface area contributed by atoms with Gasteiger partial charge in [0.1, 0.15) is 22.4 Å². The number of methoxy groups -OCH3 is 1. The number of carbonyl (C=O) groups excluding carboxylic acids is 1. The third kappa shape index (κ3) is 6.42. The summed E-state index contributed by atoms with van der Waals surface area (Å²) in [6.07, 6.45) is 4.52. The summed E-state index contributed by atoms with van der Waals surface area (Å²) in [5, 5.41) is 5.57. The highest BCUT2D eigenvalue weighted by atomic mass is 35.5. The van der Waals surface area contributed by atoms with Gasteiger partial charge in [-0.3, -0.25) is 9.69 Å². The molecule has 198 valence electrons. The molecule has 1 fully saturated rings. The van der Waals surface area contributed by atoms with E-state index >= 15 is 0 Å². The van der Waals surface area contributed by atoms with E-state index in [1.807, 2.05) is 95.8 Å². The first-order valence-electron chi connectivity index (χ1n) is 12.4. The Morgan fingerprint density at radius 2 is 1.85 bits per heavy atom. The van der Waals surface area contributed by atoms with Gasteiger partial charge in [-0.1, -0.05) is 84.1 Å². The fourth-order valence-electron chi connectivity index (χ4n) is 4.14. The third-order valence-electron chi connectivity index (χ3n) is 6.11. The van der Waals surface area contributed by atoms with Crippen LogP contribution in [0.1, 0.15) is 17.5 Å². The molecular formula is C30H26ClN3O3S2. The maximum atomic E-state index is 13.2.